The molecule has 2 aromatic rings. The second-order valence-corrected chi connectivity index (χ2v) is 4.94. The quantitative estimate of drug-likeness (QED) is 0.632. The standard InChI is InChI=1S/C15H11ClN2O3/c1-2-21-15(20)9-7-18-13-11(14(9)19)10(16)6-8-4-3-5-17-12(8)13/h3-7,9H,2H2,1H3. The fraction of sp³-hybridized carbons (Fsp3) is 0.200. The molecule has 0 bridgehead atoms. The van der Waals surface area contributed by atoms with E-state index in [0.717, 1.165) is 5.39 Å². The zero-order chi connectivity index (χ0) is 15.0. The first-order valence-electron chi connectivity index (χ1n) is 6.45. The van der Waals surface area contributed by atoms with Crippen LogP contribution in [0.4, 0.5) is 5.69 Å². The second kappa shape index (κ2) is 5.26. The summed E-state index contributed by atoms with van der Waals surface area (Å²) in [6, 6.07) is 5.27. The number of hydrogen-bond donors (Lipinski definition) is 0. The summed E-state index contributed by atoms with van der Waals surface area (Å²) < 4.78 is 4.88. The van der Waals surface area contributed by atoms with Crippen molar-refractivity contribution in [2.75, 3.05) is 6.61 Å². The summed E-state index contributed by atoms with van der Waals surface area (Å²) in [5.41, 5.74) is 1.22. The van der Waals surface area contributed by atoms with Gasteiger partial charge >= 0.3 is 5.97 Å². The highest BCUT2D eigenvalue weighted by atomic mass is 35.5. The number of nitrogens with zero attached hydrogens (tertiary/aromatic N) is 2. The van der Waals surface area contributed by atoms with Crippen LogP contribution in [0.2, 0.25) is 5.02 Å². The number of benzene rings is 1. The molecule has 0 aliphatic carbocycles. The Balaban J connectivity index is 2.17. The van der Waals surface area contributed by atoms with Crippen molar-refractivity contribution < 1.29 is 14.3 Å². The maximum absolute atomic E-state index is 12.5. The van der Waals surface area contributed by atoms with Crippen molar-refractivity contribution in [2.24, 2.45) is 10.9 Å². The number of halogens is 1. The van der Waals surface area contributed by atoms with Gasteiger partial charge in [-0.25, -0.2) is 0 Å². The van der Waals surface area contributed by atoms with Gasteiger partial charge in [0.2, 0.25) is 0 Å². The third kappa shape index (κ3) is 2.19. The van der Waals surface area contributed by atoms with Crippen molar-refractivity contribution in [3.63, 3.8) is 0 Å². The molecule has 1 atom stereocenters. The van der Waals surface area contributed by atoms with E-state index >= 15 is 0 Å². The number of carbonyl (C=O) groups is 2. The van der Waals surface area contributed by atoms with Crippen LogP contribution in [-0.4, -0.2) is 29.6 Å². The predicted octanol–water partition coefficient (Wildman–Crippen LogP) is 2.97. The van der Waals surface area contributed by atoms with Gasteiger partial charge in [0.1, 0.15) is 5.69 Å². The molecule has 1 aromatic heterocycles. The molecule has 0 saturated carbocycles. The Hall–Kier alpha value is -2.27. The zero-order valence-corrected chi connectivity index (χ0v) is 11.9. The number of esters is 1. The van der Waals surface area contributed by atoms with Crippen LogP contribution in [0.25, 0.3) is 10.9 Å². The molecule has 1 unspecified atom stereocenters. The number of hydrogen-bond acceptors (Lipinski definition) is 5. The molecular formula is C15H11ClN2O3. The predicted molar refractivity (Wildman–Crippen MR) is 79.4 cm³/mol. The van der Waals surface area contributed by atoms with Crippen LogP contribution in [0.15, 0.2) is 29.4 Å². The number of aliphatic imine (C=N–C) groups is 1. The van der Waals surface area contributed by atoms with Crippen LogP contribution in [0, 0.1) is 5.92 Å². The van der Waals surface area contributed by atoms with E-state index in [2.05, 4.69) is 9.98 Å². The number of pyridine rings is 1. The molecule has 0 spiro atoms. The van der Waals surface area contributed by atoms with Gasteiger partial charge in [-0.05, 0) is 19.1 Å². The van der Waals surface area contributed by atoms with Gasteiger partial charge in [0.15, 0.2) is 11.7 Å². The Morgan fingerprint density at radius 1 is 1.48 bits per heavy atom. The summed E-state index contributed by atoms with van der Waals surface area (Å²) in [7, 11) is 0. The van der Waals surface area contributed by atoms with E-state index in [1.807, 2.05) is 6.07 Å². The van der Waals surface area contributed by atoms with Gasteiger partial charge in [-0.15, -0.1) is 0 Å². The molecule has 1 aliphatic rings. The van der Waals surface area contributed by atoms with Crippen LogP contribution in [0.3, 0.4) is 0 Å². The highest BCUT2D eigenvalue weighted by molar-refractivity contribution is 6.38. The van der Waals surface area contributed by atoms with Crippen LogP contribution in [0.5, 0.6) is 0 Å². The molecule has 1 aliphatic heterocycles. The summed E-state index contributed by atoms with van der Waals surface area (Å²) in [5, 5.41) is 1.06. The molecule has 2 heterocycles. The normalized spacial score (nSPS) is 16.9. The van der Waals surface area contributed by atoms with E-state index in [-0.39, 0.29) is 17.2 Å². The lowest BCUT2D eigenvalue weighted by molar-refractivity contribution is -0.143. The summed E-state index contributed by atoms with van der Waals surface area (Å²) in [5.74, 6) is -2.07. The van der Waals surface area contributed by atoms with E-state index in [1.165, 1.54) is 6.21 Å². The van der Waals surface area contributed by atoms with Crippen LogP contribution >= 0.6 is 11.6 Å². The first-order valence-corrected chi connectivity index (χ1v) is 6.83. The minimum atomic E-state index is -1.05. The SMILES string of the molecule is CCOC(=O)C1C=Nc2c(c(Cl)cc3cccnc23)C1=O. The van der Waals surface area contributed by atoms with Gasteiger partial charge < -0.3 is 4.74 Å². The number of ether oxygens (including phenoxy) is 1. The zero-order valence-electron chi connectivity index (χ0n) is 11.2. The van der Waals surface area contributed by atoms with Crippen LogP contribution in [-0.2, 0) is 9.53 Å². The van der Waals surface area contributed by atoms with Crippen molar-refractivity contribution >= 4 is 46.2 Å². The molecule has 3 rings (SSSR count). The molecular weight excluding hydrogens is 292 g/mol. The summed E-state index contributed by atoms with van der Waals surface area (Å²) in [6.45, 7) is 1.89. The second-order valence-electron chi connectivity index (χ2n) is 4.53. The van der Waals surface area contributed by atoms with Crippen molar-refractivity contribution in [1.29, 1.82) is 0 Å². The van der Waals surface area contributed by atoms with E-state index in [0.29, 0.717) is 11.2 Å². The first kappa shape index (κ1) is 13.7. The lowest BCUT2D eigenvalue weighted by atomic mass is 9.93. The third-order valence-electron chi connectivity index (χ3n) is 3.24. The van der Waals surface area contributed by atoms with E-state index < -0.39 is 17.7 Å². The number of carbonyl (C=O) groups excluding carboxylic acids is 2. The highest BCUT2D eigenvalue weighted by Gasteiger charge is 2.34. The number of rotatable bonds is 2. The Kier molecular flexibility index (Phi) is 3.43. The van der Waals surface area contributed by atoms with Gasteiger partial charge in [0, 0.05) is 17.8 Å². The summed E-state index contributed by atoms with van der Waals surface area (Å²) >= 11 is 6.19. The fourth-order valence-corrected chi connectivity index (χ4v) is 2.60. The Labute approximate surface area is 125 Å². The number of Topliss-reactive ketones (excluding diaryl/α,β-unsaturated/α-hetero) is 1. The molecule has 0 fully saturated rings. The van der Waals surface area contributed by atoms with Gasteiger partial charge in [0.05, 0.1) is 22.7 Å². The maximum atomic E-state index is 12.5. The first-order chi connectivity index (χ1) is 10.1. The van der Waals surface area contributed by atoms with Gasteiger partial charge in [-0.3, -0.25) is 19.6 Å². The smallest absolute Gasteiger partial charge is 0.322 e. The number of fused-ring (bicyclic) bond motifs is 3. The van der Waals surface area contributed by atoms with Crippen molar-refractivity contribution in [3.05, 3.63) is 35.0 Å². The Bertz CT molecular complexity index is 786. The van der Waals surface area contributed by atoms with Crippen LogP contribution in [0.1, 0.15) is 17.3 Å². The topological polar surface area (TPSA) is 68.6 Å². The van der Waals surface area contributed by atoms with E-state index in [4.69, 9.17) is 16.3 Å². The molecule has 0 saturated heterocycles. The summed E-state index contributed by atoms with van der Waals surface area (Å²) in [6.07, 6.45) is 2.92. The van der Waals surface area contributed by atoms with Crippen LogP contribution < -0.4 is 0 Å². The minimum absolute atomic E-state index is 0.205. The molecule has 0 radical (unpaired) electrons. The Morgan fingerprint density at radius 3 is 3.05 bits per heavy atom. The number of ketones is 1. The summed E-state index contributed by atoms with van der Waals surface area (Å²) in [4.78, 5) is 32.8. The lowest BCUT2D eigenvalue weighted by Gasteiger charge is -2.18. The molecule has 106 valence electrons. The maximum Gasteiger partial charge on any atom is 0.322 e. The van der Waals surface area contributed by atoms with Gasteiger partial charge in [0.25, 0.3) is 0 Å². The average Bonchev–Trinajstić information content (AvgIpc) is 2.47. The molecule has 0 N–H and O–H groups in total. The van der Waals surface area contributed by atoms with Gasteiger partial charge in [-0.2, -0.15) is 0 Å². The van der Waals surface area contributed by atoms with E-state index in [9.17, 15) is 9.59 Å². The van der Waals surface area contributed by atoms with Crippen molar-refractivity contribution in [1.82, 2.24) is 4.98 Å². The van der Waals surface area contributed by atoms with Crippen molar-refractivity contribution in [3.8, 4) is 0 Å². The average molecular weight is 303 g/mol. The molecule has 21 heavy (non-hydrogen) atoms. The lowest BCUT2D eigenvalue weighted by Crippen LogP contribution is -2.30. The molecule has 6 heteroatoms. The fourth-order valence-electron chi connectivity index (χ4n) is 2.30. The monoisotopic (exact) mass is 302 g/mol. The van der Waals surface area contributed by atoms with E-state index in [1.54, 1.807) is 25.3 Å². The largest absolute Gasteiger partial charge is 0.465 e. The molecule has 0 amide bonds. The minimum Gasteiger partial charge on any atom is -0.465 e. The highest BCUT2D eigenvalue weighted by Crippen LogP contribution is 2.38. The third-order valence-corrected chi connectivity index (χ3v) is 3.54. The Morgan fingerprint density at radius 2 is 2.29 bits per heavy atom. The number of aromatic nitrogens is 1. The molecule has 5 nitrogen and oxygen atoms in total. The molecule has 1 aromatic carbocycles. The van der Waals surface area contributed by atoms with Crippen molar-refractivity contribution in [2.45, 2.75) is 6.92 Å². The van der Waals surface area contributed by atoms with Gasteiger partial charge in [-0.1, -0.05) is 17.7 Å².